The normalized spacial score (nSPS) is 17.2. The van der Waals surface area contributed by atoms with Crippen LogP contribution in [0.2, 0.25) is 0 Å². The Morgan fingerprint density at radius 2 is 1.77 bits per heavy atom. The largest absolute Gasteiger partial charge is 0.373 e. The summed E-state index contributed by atoms with van der Waals surface area (Å²) >= 11 is 0.422. The molecule has 0 aliphatic carbocycles. The second kappa shape index (κ2) is 7.86. The number of alkyl halides is 2. The molecule has 1 atom stereocenters. The van der Waals surface area contributed by atoms with Gasteiger partial charge in [-0.05, 0) is 48.4 Å². The van der Waals surface area contributed by atoms with Gasteiger partial charge in [0.25, 0.3) is 11.7 Å². The topological polar surface area (TPSA) is 49.4 Å². The van der Waals surface area contributed by atoms with Crippen molar-refractivity contribution in [2.24, 2.45) is 0 Å². The van der Waals surface area contributed by atoms with Crippen LogP contribution < -0.4 is 10.2 Å². The fourth-order valence-electron chi connectivity index (χ4n) is 2.83. The molecule has 1 aliphatic rings. The minimum atomic E-state index is -2.51. The van der Waals surface area contributed by atoms with Gasteiger partial charge >= 0.3 is 0 Å². The molecule has 26 heavy (non-hydrogen) atoms. The van der Waals surface area contributed by atoms with E-state index in [4.69, 9.17) is 0 Å². The Balaban J connectivity index is 1.71. The molecule has 2 aromatic carbocycles. The van der Waals surface area contributed by atoms with Crippen LogP contribution in [-0.2, 0) is 16.0 Å². The van der Waals surface area contributed by atoms with Gasteiger partial charge in [0.05, 0.1) is 12.1 Å². The van der Waals surface area contributed by atoms with Gasteiger partial charge in [-0.1, -0.05) is 30.8 Å². The molecule has 0 bridgehead atoms. The number of halogens is 2. The van der Waals surface area contributed by atoms with Gasteiger partial charge in [0.15, 0.2) is 0 Å². The van der Waals surface area contributed by atoms with Gasteiger partial charge in [0.2, 0.25) is 5.91 Å². The SMILES string of the molecule is CCc1ccc(N[C@@H]2CC(=O)N(c3ccc(SC(F)F)cc3)C2=O)cc1. The average molecular weight is 376 g/mol. The van der Waals surface area contributed by atoms with E-state index in [1.54, 1.807) is 0 Å². The van der Waals surface area contributed by atoms with Crippen LogP contribution in [0.5, 0.6) is 0 Å². The Hall–Kier alpha value is -2.41. The monoisotopic (exact) mass is 376 g/mol. The first kappa shape index (κ1) is 18.4. The van der Waals surface area contributed by atoms with Crippen molar-refractivity contribution in [3.05, 3.63) is 54.1 Å². The molecule has 7 heteroatoms. The molecule has 0 aromatic heterocycles. The third-order valence-corrected chi connectivity index (χ3v) is 4.89. The maximum absolute atomic E-state index is 12.6. The van der Waals surface area contributed by atoms with Crippen molar-refractivity contribution in [3.8, 4) is 0 Å². The average Bonchev–Trinajstić information content (AvgIpc) is 2.89. The van der Waals surface area contributed by atoms with Crippen LogP contribution in [0.3, 0.4) is 0 Å². The van der Waals surface area contributed by atoms with E-state index in [0.29, 0.717) is 22.3 Å². The molecule has 1 saturated heterocycles. The van der Waals surface area contributed by atoms with Crippen molar-refractivity contribution < 1.29 is 18.4 Å². The number of amides is 2. The molecule has 136 valence electrons. The summed E-state index contributed by atoms with van der Waals surface area (Å²) in [7, 11) is 0. The van der Waals surface area contributed by atoms with Crippen LogP contribution in [0.25, 0.3) is 0 Å². The quantitative estimate of drug-likeness (QED) is 0.603. The van der Waals surface area contributed by atoms with Crippen molar-refractivity contribution in [3.63, 3.8) is 0 Å². The number of carbonyl (C=O) groups excluding carboxylic acids is 2. The van der Waals surface area contributed by atoms with Gasteiger partial charge in [-0.2, -0.15) is 8.78 Å². The lowest BCUT2D eigenvalue weighted by Gasteiger charge is -2.16. The van der Waals surface area contributed by atoms with Crippen LogP contribution in [0.4, 0.5) is 20.2 Å². The van der Waals surface area contributed by atoms with E-state index in [-0.39, 0.29) is 18.2 Å². The van der Waals surface area contributed by atoms with Crippen LogP contribution in [0, 0.1) is 0 Å². The van der Waals surface area contributed by atoms with Crippen LogP contribution >= 0.6 is 11.8 Å². The number of nitrogens with one attached hydrogen (secondary N) is 1. The van der Waals surface area contributed by atoms with Gasteiger partial charge < -0.3 is 5.32 Å². The molecule has 2 aromatic rings. The summed E-state index contributed by atoms with van der Waals surface area (Å²) in [6, 6.07) is 13.1. The summed E-state index contributed by atoms with van der Waals surface area (Å²) in [6.07, 6.45) is 0.983. The molecule has 4 nitrogen and oxygen atoms in total. The highest BCUT2D eigenvalue weighted by Crippen LogP contribution is 2.30. The molecule has 0 spiro atoms. The maximum atomic E-state index is 12.6. The Morgan fingerprint density at radius 3 is 2.35 bits per heavy atom. The lowest BCUT2D eigenvalue weighted by atomic mass is 10.1. The summed E-state index contributed by atoms with van der Waals surface area (Å²) in [5, 5.41) is 3.09. The smallest absolute Gasteiger partial charge is 0.288 e. The predicted molar refractivity (Wildman–Crippen MR) is 98.6 cm³/mol. The van der Waals surface area contributed by atoms with E-state index in [0.717, 1.165) is 17.0 Å². The Kier molecular flexibility index (Phi) is 5.56. The zero-order valence-electron chi connectivity index (χ0n) is 14.1. The third-order valence-electron chi connectivity index (χ3n) is 4.17. The highest BCUT2D eigenvalue weighted by Gasteiger charge is 2.39. The van der Waals surface area contributed by atoms with Gasteiger partial charge in [0, 0.05) is 10.6 Å². The number of aryl methyl sites for hydroxylation is 1. The summed E-state index contributed by atoms with van der Waals surface area (Å²) in [5.74, 6) is -3.17. The number of hydrogen-bond donors (Lipinski definition) is 1. The van der Waals surface area contributed by atoms with E-state index in [2.05, 4.69) is 12.2 Å². The number of rotatable bonds is 6. The van der Waals surface area contributed by atoms with E-state index in [1.807, 2.05) is 24.3 Å². The summed E-state index contributed by atoms with van der Waals surface area (Å²) in [4.78, 5) is 26.4. The van der Waals surface area contributed by atoms with Crippen LogP contribution in [-0.4, -0.2) is 23.6 Å². The van der Waals surface area contributed by atoms with Crippen LogP contribution in [0.15, 0.2) is 53.4 Å². The van der Waals surface area contributed by atoms with Crippen LogP contribution in [0.1, 0.15) is 18.9 Å². The molecule has 3 rings (SSSR count). The Morgan fingerprint density at radius 1 is 1.12 bits per heavy atom. The van der Waals surface area contributed by atoms with Gasteiger partial charge in [0.1, 0.15) is 6.04 Å². The highest BCUT2D eigenvalue weighted by molar-refractivity contribution is 7.99. The Labute approximate surface area is 154 Å². The second-order valence-electron chi connectivity index (χ2n) is 5.89. The summed E-state index contributed by atoms with van der Waals surface area (Å²) in [5.41, 5.74) is 2.36. The molecule has 2 amide bonds. The number of benzene rings is 2. The lowest BCUT2D eigenvalue weighted by Crippen LogP contribution is -2.34. The van der Waals surface area contributed by atoms with Crippen molar-refractivity contribution in [1.82, 2.24) is 0 Å². The first-order chi connectivity index (χ1) is 12.5. The first-order valence-electron chi connectivity index (χ1n) is 8.25. The second-order valence-corrected chi connectivity index (χ2v) is 6.95. The number of thioether (sulfide) groups is 1. The minimum absolute atomic E-state index is 0.0574. The van der Waals surface area contributed by atoms with E-state index >= 15 is 0 Å². The van der Waals surface area contributed by atoms with E-state index in [9.17, 15) is 18.4 Å². The molecule has 0 radical (unpaired) electrons. The molecule has 1 aliphatic heterocycles. The predicted octanol–water partition coefficient (Wildman–Crippen LogP) is 4.31. The molecule has 0 unspecified atom stereocenters. The fraction of sp³-hybridized carbons (Fsp3) is 0.263. The maximum Gasteiger partial charge on any atom is 0.288 e. The number of nitrogens with zero attached hydrogens (tertiary/aromatic N) is 1. The standard InChI is InChI=1S/C19H18F2N2O2S/c1-2-12-3-5-13(6-4-12)22-16-11-17(24)23(18(16)25)14-7-9-15(10-8-14)26-19(20)21/h3-10,16,19,22H,2,11H2,1H3/t16-/m1/s1. The van der Waals surface area contributed by atoms with Gasteiger partial charge in [-0.3, -0.25) is 9.59 Å². The molecule has 1 N–H and O–H groups in total. The summed E-state index contributed by atoms with van der Waals surface area (Å²) < 4.78 is 24.8. The first-order valence-corrected chi connectivity index (χ1v) is 9.13. The van der Waals surface area contributed by atoms with Gasteiger partial charge in [-0.25, -0.2) is 4.90 Å². The van der Waals surface area contributed by atoms with E-state index in [1.165, 1.54) is 29.8 Å². The van der Waals surface area contributed by atoms with Crippen molar-refractivity contribution in [2.45, 2.75) is 36.5 Å². The minimum Gasteiger partial charge on any atom is -0.373 e. The third kappa shape index (κ3) is 4.04. The zero-order valence-corrected chi connectivity index (χ0v) is 14.9. The molecule has 1 heterocycles. The Bertz CT molecular complexity index is 794. The van der Waals surface area contributed by atoms with Crippen molar-refractivity contribution in [2.75, 3.05) is 10.2 Å². The fourth-order valence-corrected chi connectivity index (χ4v) is 3.33. The molecule has 0 saturated carbocycles. The zero-order chi connectivity index (χ0) is 18.7. The van der Waals surface area contributed by atoms with Gasteiger partial charge in [-0.15, -0.1) is 0 Å². The number of anilines is 2. The molecular weight excluding hydrogens is 358 g/mol. The number of hydrogen-bond acceptors (Lipinski definition) is 4. The highest BCUT2D eigenvalue weighted by atomic mass is 32.2. The number of carbonyl (C=O) groups is 2. The lowest BCUT2D eigenvalue weighted by molar-refractivity contribution is -0.121. The molecule has 1 fully saturated rings. The molecular formula is C19H18F2N2O2S. The summed E-state index contributed by atoms with van der Waals surface area (Å²) in [6.45, 7) is 2.06. The number of imide groups is 1. The van der Waals surface area contributed by atoms with Crippen molar-refractivity contribution in [1.29, 1.82) is 0 Å². The van der Waals surface area contributed by atoms with E-state index < -0.39 is 11.8 Å². The van der Waals surface area contributed by atoms with Crippen molar-refractivity contribution >= 4 is 35.0 Å².